The Kier molecular flexibility index (Phi) is 4.15. The molecule has 0 saturated heterocycles. The third-order valence-corrected chi connectivity index (χ3v) is 3.21. The minimum atomic E-state index is -0.248. The predicted octanol–water partition coefficient (Wildman–Crippen LogP) is 3.60. The van der Waals surface area contributed by atoms with Crippen molar-refractivity contribution in [2.24, 2.45) is 0 Å². The molecule has 3 nitrogen and oxygen atoms in total. The van der Waals surface area contributed by atoms with Crippen LogP contribution in [0.5, 0.6) is 5.88 Å². The van der Waals surface area contributed by atoms with Gasteiger partial charge in [0, 0.05) is 29.0 Å². The van der Waals surface area contributed by atoms with Crippen molar-refractivity contribution in [2.75, 3.05) is 12.4 Å². The number of hydrogen-bond donors (Lipinski definition) is 1. The molecule has 1 heterocycles. The lowest BCUT2D eigenvalue weighted by molar-refractivity contribution is 0.398. The number of anilines is 1. The molecule has 0 saturated carbocycles. The fourth-order valence-electron chi connectivity index (χ4n) is 1.51. The van der Waals surface area contributed by atoms with Crippen LogP contribution < -0.4 is 10.1 Å². The number of methoxy groups -OCH3 is 1. The molecule has 5 heteroatoms. The smallest absolute Gasteiger partial charge is 0.214 e. The van der Waals surface area contributed by atoms with E-state index in [4.69, 9.17) is 4.74 Å². The van der Waals surface area contributed by atoms with E-state index in [2.05, 4.69) is 26.2 Å². The van der Waals surface area contributed by atoms with Gasteiger partial charge in [-0.1, -0.05) is 15.9 Å². The molecular weight excluding hydrogens is 299 g/mol. The van der Waals surface area contributed by atoms with E-state index in [-0.39, 0.29) is 5.82 Å². The number of nitrogens with one attached hydrogen (secondary N) is 1. The minimum absolute atomic E-state index is 0.248. The molecule has 0 amide bonds. The Morgan fingerprint density at radius 1 is 1.33 bits per heavy atom. The molecule has 0 fully saturated rings. The van der Waals surface area contributed by atoms with Gasteiger partial charge in [-0.15, -0.1) is 0 Å². The second-order valence-corrected chi connectivity index (χ2v) is 4.53. The molecule has 18 heavy (non-hydrogen) atoms. The maximum absolute atomic E-state index is 13.1. The maximum atomic E-state index is 13.1. The molecule has 1 N–H and O–H groups in total. The Balaban J connectivity index is 2.08. The Morgan fingerprint density at radius 3 is 2.94 bits per heavy atom. The van der Waals surface area contributed by atoms with Crippen LogP contribution in [0.3, 0.4) is 0 Å². The molecule has 0 atom stereocenters. The quantitative estimate of drug-likeness (QED) is 0.937. The van der Waals surface area contributed by atoms with Crippen molar-refractivity contribution in [1.29, 1.82) is 0 Å². The Hall–Kier alpha value is -1.62. The van der Waals surface area contributed by atoms with Gasteiger partial charge in [0.25, 0.3) is 0 Å². The van der Waals surface area contributed by atoms with Gasteiger partial charge in [-0.2, -0.15) is 0 Å². The molecule has 0 bridgehead atoms. The van der Waals surface area contributed by atoms with Gasteiger partial charge in [-0.05, 0) is 29.8 Å². The summed E-state index contributed by atoms with van der Waals surface area (Å²) in [6.45, 7) is 0.519. The molecule has 0 radical (unpaired) electrons. The zero-order valence-electron chi connectivity index (χ0n) is 9.78. The number of hydrogen-bond acceptors (Lipinski definition) is 3. The second-order valence-electron chi connectivity index (χ2n) is 3.68. The number of halogens is 2. The van der Waals surface area contributed by atoms with Crippen LogP contribution in [-0.2, 0) is 6.54 Å². The normalized spacial score (nSPS) is 10.2. The molecule has 0 aliphatic rings. The fraction of sp³-hybridized carbons (Fsp3) is 0.154. The van der Waals surface area contributed by atoms with Gasteiger partial charge in [-0.25, -0.2) is 9.37 Å². The SMILES string of the molecule is COc1cc(NCc2cc(F)ccc2Br)ccn1. The van der Waals surface area contributed by atoms with E-state index in [0.29, 0.717) is 12.4 Å². The van der Waals surface area contributed by atoms with Gasteiger partial charge in [-0.3, -0.25) is 0 Å². The van der Waals surface area contributed by atoms with E-state index in [1.165, 1.54) is 12.1 Å². The molecule has 94 valence electrons. The summed E-state index contributed by atoms with van der Waals surface area (Å²) in [6, 6.07) is 8.22. The predicted molar refractivity (Wildman–Crippen MR) is 72.2 cm³/mol. The summed E-state index contributed by atoms with van der Waals surface area (Å²) in [5.41, 5.74) is 1.73. The summed E-state index contributed by atoms with van der Waals surface area (Å²) in [5.74, 6) is 0.292. The molecule has 2 aromatic rings. The van der Waals surface area contributed by atoms with Crippen LogP contribution in [0.25, 0.3) is 0 Å². The average Bonchev–Trinajstić information content (AvgIpc) is 2.40. The van der Waals surface area contributed by atoms with Crippen molar-refractivity contribution < 1.29 is 9.13 Å². The van der Waals surface area contributed by atoms with Crippen LogP contribution in [0.15, 0.2) is 41.0 Å². The van der Waals surface area contributed by atoms with Gasteiger partial charge in [0.2, 0.25) is 5.88 Å². The topological polar surface area (TPSA) is 34.1 Å². The first-order valence-corrected chi connectivity index (χ1v) is 6.16. The number of pyridine rings is 1. The van der Waals surface area contributed by atoms with Gasteiger partial charge in [0.15, 0.2) is 0 Å². The third-order valence-electron chi connectivity index (χ3n) is 2.43. The zero-order valence-corrected chi connectivity index (χ0v) is 11.4. The van der Waals surface area contributed by atoms with Crippen molar-refractivity contribution in [3.05, 3.63) is 52.4 Å². The summed E-state index contributed by atoms with van der Waals surface area (Å²) < 4.78 is 19.0. The van der Waals surface area contributed by atoms with E-state index < -0.39 is 0 Å². The van der Waals surface area contributed by atoms with E-state index in [1.807, 2.05) is 6.07 Å². The highest BCUT2D eigenvalue weighted by Crippen LogP contribution is 2.20. The molecule has 1 aromatic carbocycles. The Bertz CT molecular complexity index is 548. The number of ether oxygens (including phenoxy) is 1. The summed E-state index contributed by atoms with van der Waals surface area (Å²) in [6.07, 6.45) is 1.65. The van der Waals surface area contributed by atoms with E-state index in [1.54, 1.807) is 25.4 Å². The fourth-order valence-corrected chi connectivity index (χ4v) is 1.89. The lowest BCUT2D eigenvalue weighted by Crippen LogP contribution is -2.01. The molecule has 2 rings (SSSR count). The number of nitrogens with zero attached hydrogens (tertiary/aromatic N) is 1. The summed E-state index contributed by atoms with van der Waals surface area (Å²) in [4.78, 5) is 4.01. The third kappa shape index (κ3) is 3.20. The summed E-state index contributed by atoms with van der Waals surface area (Å²) in [7, 11) is 1.56. The van der Waals surface area contributed by atoms with Gasteiger partial charge in [0.1, 0.15) is 5.82 Å². The van der Waals surface area contributed by atoms with Crippen molar-refractivity contribution in [3.8, 4) is 5.88 Å². The minimum Gasteiger partial charge on any atom is -0.481 e. The maximum Gasteiger partial charge on any atom is 0.214 e. The highest BCUT2D eigenvalue weighted by Gasteiger charge is 2.02. The molecule has 0 aliphatic carbocycles. The van der Waals surface area contributed by atoms with Crippen molar-refractivity contribution in [2.45, 2.75) is 6.54 Å². The lowest BCUT2D eigenvalue weighted by Gasteiger charge is -2.09. The molecule has 0 unspecified atom stereocenters. The highest BCUT2D eigenvalue weighted by atomic mass is 79.9. The second kappa shape index (κ2) is 5.82. The van der Waals surface area contributed by atoms with Crippen LogP contribution in [0.2, 0.25) is 0 Å². The molecular formula is C13H12BrFN2O. The number of benzene rings is 1. The summed E-state index contributed by atoms with van der Waals surface area (Å²) >= 11 is 3.39. The standard InChI is InChI=1S/C13H12BrFN2O/c1-18-13-7-11(4-5-16-13)17-8-9-6-10(15)2-3-12(9)14/h2-7H,8H2,1H3,(H,16,17). The molecule has 0 spiro atoms. The zero-order chi connectivity index (χ0) is 13.0. The van der Waals surface area contributed by atoms with Gasteiger partial charge in [0.05, 0.1) is 7.11 Å². The number of rotatable bonds is 4. The van der Waals surface area contributed by atoms with Crippen LogP contribution >= 0.6 is 15.9 Å². The van der Waals surface area contributed by atoms with E-state index >= 15 is 0 Å². The average molecular weight is 311 g/mol. The first-order valence-electron chi connectivity index (χ1n) is 5.37. The lowest BCUT2D eigenvalue weighted by atomic mass is 10.2. The Morgan fingerprint density at radius 2 is 2.17 bits per heavy atom. The van der Waals surface area contributed by atoms with E-state index in [9.17, 15) is 4.39 Å². The van der Waals surface area contributed by atoms with Gasteiger partial charge >= 0.3 is 0 Å². The van der Waals surface area contributed by atoms with Crippen LogP contribution in [0, 0.1) is 5.82 Å². The first kappa shape index (κ1) is 12.8. The van der Waals surface area contributed by atoms with Crippen LogP contribution in [-0.4, -0.2) is 12.1 Å². The highest BCUT2D eigenvalue weighted by molar-refractivity contribution is 9.10. The van der Waals surface area contributed by atoms with Gasteiger partial charge < -0.3 is 10.1 Å². The van der Waals surface area contributed by atoms with E-state index in [0.717, 1.165) is 15.7 Å². The monoisotopic (exact) mass is 310 g/mol. The Labute approximate surface area is 113 Å². The molecule has 0 aliphatic heterocycles. The van der Waals surface area contributed by atoms with Crippen molar-refractivity contribution >= 4 is 21.6 Å². The summed E-state index contributed by atoms with van der Waals surface area (Å²) in [5, 5.41) is 3.19. The van der Waals surface area contributed by atoms with Crippen LogP contribution in [0.1, 0.15) is 5.56 Å². The van der Waals surface area contributed by atoms with Crippen molar-refractivity contribution in [3.63, 3.8) is 0 Å². The molecule has 1 aromatic heterocycles. The largest absolute Gasteiger partial charge is 0.481 e. The first-order chi connectivity index (χ1) is 8.69. The number of aromatic nitrogens is 1. The van der Waals surface area contributed by atoms with Crippen molar-refractivity contribution in [1.82, 2.24) is 4.98 Å². The van der Waals surface area contributed by atoms with Crippen LogP contribution in [0.4, 0.5) is 10.1 Å².